The predicted octanol–water partition coefficient (Wildman–Crippen LogP) is 4.18. The molecular weight excluding hydrogens is 479 g/mol. The largest absolute Gasteiger partial charge is 0.491 e. The summed E-state index contributed by atoms with van der Waals surface area (Å²) >= 11 is 2.30. The van der Waals surface area contributed by atoms with Crippen LogP contribution in [0, 0.1) is 3.57 Å². The minimum atomic E-state index is -0.676. The van der Waals surface area contributed by atoms with Gasteiger partial charge in [0.25, 0.3) is 0 Å². The molecule has 3 aromatic rings. The highest BCUT2D eigenvalue weighted by atomic mass is 127. The first kappa shape index (κ1) is 21.8. The number of pyridine rings is 1. The molecule has 0 spiro atoms. The first-order valence-electron chi connectivity index (χ1n) is 10.0. The average Bonchev–Trinajstić information content (AvgIpc) is 2.72. The van der Waals surface area contributed by atoms with E-state index < -0.39 is 6.10 Å². The van der Waals surface area contributed by atoms with Gasteiger partial charge in [0.1, 0.15) is 5.75 Å². The molecule has 0 aliphatic rings. The molecule has 0 aliphatic heterocycles. The third kappa shape index (κ3) is 6.04. The Hall–Kier alpha value is -1.90. The molecule has 1 aromatic heterocycles. The van der Waals surface area contributed by atoms with Gasteiger partial charge in [-0.2, -0.15) is 0 Å². The molecule has 0 amide bonds. The molecule has 0 radical (unpaired) electrons. The normalized spacial score (nSPS) is 12.2. The van der Waals surface area contributed by atoms with Gasteiger partial charge in [0.15, 0.2) is 0 Å². The number of aliphatic hydroxyl groups is 1. The van der Waals surface area contributed by atoms with Crippen LogP contribution in [0.3, 0.4) is 0 Å². The van der Waals surface area contributed by atoms with Crippen molar-refractivity contribution in [3.05, 3.63) is 73.6 Å². The molecule has 29 heavy (non-hydrogen) atoms. The average molecular weight is 506 g/mol. The maximum atomic E-state index is 11.8. The number of ether oxygens (including phenoxy) is 1. The lowest BCUT2D eigenvalue weighted by molar-refractivity contribution is 0.176. The number of benzene rings is 2. The van der Waals surface area contributed by atoms with Crippen molar-refractivity contribution in [3.63, 3.8) is 0 Å². The van der Waals surface area contributed by atoms with Crippen LogP contribution in [0.1, 0.15) is 37.0 Å². The molecule has 0 unspecified atom stereocenters. The maximum Gasteiger partial charge on any atom is 0.248 e. The topological polar surface area (TPSA) is 74.3 Å². The van der Waals surface area contributed by atoms with Gasteiger partial charge in [-0.3, -0.25) is 4.79 Å². The summed E-state index contributed by atoms with van der Waals surface area (Å²) in [6.45, 7) is 3.93. The highest BCUT2D eigenvalue weighted by Gasteiger charge is 2.14. The molecule has 0 saturated heterocycles. The summed E-state index contributed by atoms with van der Waals surface area (Å²) in [5.41, 5.74) is 2.51. The van der Waals surface area contributed by atoms with Crippen molar-refractivity contribution in [3.8, 4) is 5.75 Å². The highest BCUT2D eigenvalue weighted by molar-refractivity contribution is 14.1. The monoisotopic (exact) mass is 506 g/mol. The van der Waals surface area contributed by atoms with E-state index >= 15 is 0 Å². The van der Waals surface area contributed by atoms with E-state index in [1.807, 2.05) is 12.1 Å². The Kier molecular flexibility index (Phi) is 8.09. The third-order valence-corrected chi connectivity index (χ3v) is 5.57. The van der Waals surface area contributed by atoms with Crippen LogP contribution in [0.4, 0.5) is 0 Å². The maximum absolute atomic E-state index is 11.8. The Labute approximate surface area is 184 Å². The van der Waals surface area contributed by atoms with E-state index in [1.54, 1.807) is 6.07 Å². The number of unbranched alkanes of at least 4 members (excludes halogenated alkanes) is 1. The van der Waals surface area contributed by atoms with Crippen molar-refractivity contribution in [2.45, 2.75) is 32.3 Å². The van der Waals surface area contributed by atoms with E-state index in [0.29, 0.717) is 24.4 Å². The summed E-state index contributed by atoms with van der Waals surface area (Å²) < 4.78 is 7.06. The summed E-state index contributed by atoms with van der Waals surface area (Å²) in [7, 11) is 0. The second kappa shape index (κ2) is 10.8. The zero-order valence-corrected chi connectivity index (χ0v) is 18.7. The molecule has 3 N–H and O–H groups in total. The number of fused-ring (bicyclic) bond motifs is 1. The van der Waals surface area contributed by atoms with Crippen molar-refractivity contribution >= 4 is 33.5 Å². The molecule has 1 atom stereocenters. The minimum Gasteiger partial charge on any atom is -0.491 e. The molecule has 2 aromatic carbocycles. The standard InChI is InChI=1S/C23H27IN2O3/c1-2-3-14-29-21-10-8-18(19-9-11-22(28)26-23(19)21)20(27)15-25-13-12-16-4-6-17(24)7-5-16/h4-11,20,25,27H,2-3,12-15H2,1H3,(H,26,28)/t20-/m0/s1. The Bertz CT molecular complexity index is 986. The molecular formula is C23H27IN2O3. The number of aromatic nitrogens is 1. The number of aliphatic hydroxyl groups excluding tert-OH is 1. The zero-order valence-electron chi connectivity index (χ0n) is 16.6. The molecule has 154 valence electrons. The van der Waals surface area contributed by atoms with Crippen LogP contribution in [-0.2, 0) is 6.42 Å². The summed E-state index contributed by atoms with van der Waals surface area (Å²) in [4.78, 5) is 14.7. The number of hydrogen-bond acceptors (Lipinski definition) is 4. The van der Waals surface area contributed by atoms with Crippen LogP contribution in [0.5, 0.6) is 5.75 Å². The van der Waals surface area contributed by atoms with E-state index in [-0.39, 0.29) is 5.56 Å². The van der Waals surface area contributed by atoms with Crippen molar-refractivity contribution in [2.24, 2.45) is 0 Å². The highest BCUT2D eigenvalue weighted by Crippen LogP contribution is 2.29. The summed E-state index contributed by atoms with van der Waals surface area (Å²) in [5.74, 6) is 0.647. The van der Waals surface area contributed by atoms with Crippen molar-refractivity contribution in [2.75, 3.05) is 19.7 Å². The lowest BCUT2D eigenvalue weighted by atomic mass is 10.0. The van der Waals surface area contributed by atoms with Crippen molar-refractivity contribution in [1.29, 1.82) is 0 Å². The molecule has 0 fully saturated rings. The molecule has 0 bridgehead atoms. The van der Waals surface area contributed by atoms with Crippen molar-refractivity contribution in [1.82, 2.24) is 10.3 Å². The van der Waals surface area contributed by atoms with Gasteiger partial charge in [0, 0.05) is 21.6 Å². The van der Waals surface area contributed by atoms with Crippen LogP contribution in [0.25, 0.3) is 10.9 Å². The first-order valence-corrected chi connectivity index (χ1v) is 11.1. The lowest BCUT2D eigenvalue weighted by Crippen LogP contribution is -2.24. The van der Waals surface area contributed by atoms with Gasteiger partial charge >= 0.3 is 0 Å². The van der Waals surface area contributed by atoms with Gasteiger partial charge in [0.2, 0.25) is 5.56 Å². The number of H-pyrrole nitrogens is 1. The zero-order chi connectivity index (χ0) is 20.6. The quantitative estimate of drug-likeness (QED) is 0.285. The van der Waals surface area contributed by atoms with Gasteiger partial charge in [-0.1, -0.05) is 31.5 Å². The first-order chi connectivity index (χ1) is 14.1. The SMILES string of the molecule is CCCCOc1ccc([C@@H](O)CNCCc2ccc(I)cc2)c2ccc(=O)[nH]c12. The molecule has 0 aliphatic carbocycles. The number of halogens is 1. The number of hydrogen-bond donors (Lipinski definition) is 3. The van der Waals surface area contributed by atoms with E-state index in [0.717, 1.165) is 36.8 Å². The van der Waals surface area contributed by atoms with E-state index in [1.165, 1.54) is 15.2 Å². The summed E-state index contributed by atoms with van der Waals surface area (Å²) in [6, 6.07) is 15.4. The Balaban J connectivity index is 1.67. The minimum absolute atomic E-state index is 0.180. The fraction of sp³-hybridized carbons (Fsp3) is 0.348. The second-order valence-electron chi connectivity index (χ2n) is 7.06. The molecule has 0 saturated carbocycles. The Morgan fingerprint density at radius 2 is 1.93 bits per heavy atom. The van der Waals surface area contributed by atoms with Crippen LogP contribution < -0.4 is 15.6 Å². The Morgan fingerprint density at radius 1 is 1.14 bits per heavy atom. The van der Waals surface area contributed by atoms with E-state index in [2.05, 4.69) is 64.1 Å². The van der Waals surface area contributed by atoms with Gasteiger partial charge in [0.05, 0.1) is 18.2 Å². The number of rotatable bonds is 10. The molecule has 6 heteroatoms. The van der Waals surface area contributed by atoms with Gasteiger partial charge in [-0.15, -0.1) is 0 Å². The molecule has 3 rings (SSSR count). The van der Waals surface area contributed by atoms with Crippen molar-refractivity contribution < 1.29 is 9.84 Å². The van der Waals surface area contributed by atoms with Crippen LogP contribution in [-0.4, -0.2) is 29.8 Å². The third-order valence-electron chi connectivity index (χ3n) is 4.85. The van der Waals surface area contributed by atoms with Crippen LogP contribution in [0.15, 0.2) is 53.3 Å². The fourth-order valence-corrected chi connectivity index (χ4v) is 3.58. The van der Waals surface area contributed by atoms with Gasteiger partial charge < -0.3 is 20.1 Å². The second-order valence-corrected chi connectivity index (χ2v) is 8.31. The smallest absolute Gasteiger partial charge is 0.248 e. The fourth-order valence-electron chi connectivity index (χ4n) is 3.22. The predicted molar refractivity (Wildman–Crippen MR) is 126 cm³/mol. The van der Waals surface area contributed by atoms with Gasteiger partial charge in [-0.25, -0.2) is 0 Å². The van der Waals surface area contributed by atoms with Crippen LogP contribution in [0.2, 0.25) is 0 Å². The Morgan fingerprint density at radius 3 is 2.69 bits per heavy atom. The summed E-state index contributed by atoms with van der Waals surface area (Å²) in [6.07, 6.45) is 2.22. The van der Waals surface area contributed by atoms with E-state index in [4.69, 9.17) is 4.74 Å². The summed E-state index contributed by atoms with van der Waals surface area (Å²) in [5, 5.41) is 14.9. The number of aromatic amines is 1. The lowest BCUT2D eigenvalue weighted by Gasteiger charge is -2.17. The molecule has 5 nitrogen and oxygen atoms in total. The van der Waals surface area contributed by atoms with Crippen LogP contribution >= 0.6 is 22.6 Å². The molecule has 1 heterocycles. The van der Waals surface area contributed by atoms with E-state index in [9.17, 15) is 9.90 Å². The van der Waals surface area contributed by atoms with Gasteiger partial charge in [-0.05, 0) is 77.4 Å². The number of nitrogens with one attached hydrogen (secondary N) is 2.